The van der Waals surface area contributed by atoms with Crippen molar-refractivity contribution in [3.63, 3.8) is 0 Å². The van der Waals surface area contributed by atoms with Gasteiger partial charge in [-0.3, -0.25) is 4.79 Å². The summed E-state index contributed by atoms with van der Waals surface area (Å²) in [5.74, 6) is -0.686. The van der Waals surface area contributed by atoms with Gasteiger partial charge in [0.1, 0.15) is 6.04 Å². The van der Waals surface area contributed by atoms with Gasteiger partial charge in [-0.2, -0.15) is 0 Å². The van der Waals surface area contributed by atoms with E-state index < -0.39 is 34.0 Å². The maximum Gasteiger partial charge on any atom is 0.407 e. The maximum absolute atomic E-state index is 14.2. The van der Waals surface area contributed by atoms with E-state index in [1.54, 1.807) is 12.1 Å². The Labute approximate surface area is 293 Å². The van der Waals surface area contributed by atoms with Crippen molar-refractivity contribution in [2.45, 2.75) is 48.3 Å². The molecule has 6 rings (SSSR count). The van der Waals surface area contributed by atoms with Crippen molar-refractivity contribution in [2.75, 3.05) is 26.0 Å². The monoisotopic (exact) mass is 690 g/mol. The molecule has 1 aliphatic rings. The van der Waals surface area contributed by atoms with E-state index >= 15 is 0 Å². The number of fused-ring (bicyclic) bond motifs is 1. The zero-order valence-corrected chi connectivity index (χ0v) is 28.9. The number of benzene rings is 5. The Morgan fingerprint density at radius 2 is 1.38 bits per heavy atom. The van der Waals surface area contributed by atoms with E-state index in [0.717, 1.165) is 33.0 Å². The minimum Gasteiger partial charge on any atom is -0.453 e. The minimum atomic E-state index is -3.57. The Bertz CT molecular complexity index is 1980. The molecule has 5 aromatic carbocycles. The van der Waals surface area contributed by atoms with Crippen LogP contribution in [0.1, 0.15) is 34.6 Å². The number of Topliss-reactive ketones (excluding diaryl/α,β-unsaturated/α-hetero) is 1. The van der Waals surface area contributed by atoms with Crippen LogP contribution in [0.4, 0.5) is 4.79 Å². The Kier molecular flexibility index (Phi) is 11.4. The smallest absolute Gasteiger partial charge is 0.407 e. The van der Waals surface area contributed by atoms with Crippen molar-refractivity contribution in [1.82, 2.24) is 10.6 Å². The molecule has 8 nitrogen and oxygen atoms in total. The molecule has 0 spiro atoms. The highest BCUT2D eigenvalue weighted by Crippen LogP contribution is 2.30. The Morgan fingerprint density at radius 3 is 2.06 bits per heavy atom. The van der Waals surface area contributed by atoms with Gasteiger partial charge in [-0.05, 0) is 58.0 Å². The molecule has 2 N–H and O–H groups in total. The summed E-state index contributed by atoms with van der Waals surface area (Å²) in [5, 5.41) is 8.08. The normalized spacial score (nSPS) is 16.9. The SMILES string of the molecule is COC(=O)N[C@H](C(=O)Cc1ccccc1CCC1CNC[C@@H](CS(=O)(=O)c2ccc3ccccc3c2)O1)C(c1ccccc1)c1ccccc1. The van der Waals surface area contributed by atoms with Crippen LogP contribution in [0.25, 0.3) is 10.8 Å². The van der Waals surface area contributed by atoms with Gasteiger partial charge in [0.2, 0.25) is 0 Å². The summed E-state index contributed by atoms with van der Waals surface area (Å²) in [4.78, 5) is 27.1. The molecule has 0 saturated carbocycles. The first-order valence-corrected chi connectivity index (χ1v) is 18.6. The fraction of sp³-hybridized carbons (Fsp3) is 0.268. The van der Waals surface area contributed by atoms with Crippen LogP contribution in [0.15, 0.2) is 132 Å². The number of ketones is 1. The molecule has 1 aliphatic heterocycles. The lowest BCUT2D eigenvalue weighted by Gasteiger charge is -2.31. The van der Waals surface area contributed by atoms with Crippen molar-refractivity contribution in [3.05, 3.63) is 150 Å². The van der Waals surface area contributed by atoms with Crippen LogP contribution >= 0.6 is 0 Å². The van der Waals surface area contributed by atoms with Crippen LogP contribution in [0.3, 0.4) is 0 Å². The van der Waals surface area contributed by atoms with Gasteiger partial charge in [0, 0.05) is 25.4 Å². The summed E-state index contributed by atoms with van der Waals surface area (Å²) in [6, 6.07) is 39.2. The molecule has 1 fully saturated rings. The summed E-state index contributed by atoms with van der Waals surface area (Å²) >= 11 is 0. The van der Waals surface area contributed by atoms with Gasteiger partial charge < -0.3 is 20.1 Å². The lowest BCUT2D eigenvalue weighted by molar-refractivity contribution is -0.120. The number of nitrogens with one attached hydrogen (secondary N) is 2. The number of hydrogen-bond donors (Lipinski definition) is 2. The molecule has 0 aromatic heterocycles. The van der Waals surface area contributed by atoms with Crippen LogP contribution in [0, 0.1) is 0 Å². The van der Waals surface area contributed by atoms with E-state index in [9.17, 15) is 18.0 Å². The second-order valence-corrected chi connectivity index (χ2v) is 14.7. The van der Waals surface area contributed by atoms with E-state index in [1.165, 1.54) is 7.11 Å². The molecule has 1 unspecified atom stereocenters. The Hall–Kier alpha value is -4.83. The molecule has 5 aromatic rings. The number of methoxy groups -OCH3 is 1. The van der Waals surface area contributed by atoms with Gasteiger partial charge in [-0.1, -0.05) is 115 Å². The van der Waals surface area contributed by atoms with Crippen molar-refractivity contribution < 1.29 is 27.5 Å². The van der Waals surface area contributed by atoms with E-state index in [1.807, 2.05) is 115 Å². The quantitative estimate of drug-likeness (QED) is 0.150. The van der Waals surface area contributed by atoms with Gasteiger partial charge in [-0.25, -0.2) is 13.2 Å². The highest BCUT2D eigenvalue weighted by atomic mass is 32.2. The molecule has 1 saturated heterocycles. The predicted molar refractivity (Wildman–Crippen MR) is 195 cm³/mol. The summed E-state index contributed by atoms with van der Waals surface area (Å²) in [6.07, 6.45) is 0.0321. The van der Waals surface area contributed by atoms with Crippen molar-refractivity contribution >= 4 is 32.5 Å². The van der Waals surface area contributed by atoms with Crippen molar-refractivity contribution in [3.8, 4) is 0 Å². The first kappa shape index (κ1) is 35.0. The summed E-state index contributed by atoms with van der Waals surface area (Å²) in [5.41, 5.74) is 3.68. The maximum atomic E-state index is 14.2. The molecule has 0 bridgehead atoms. The molecular weight excluding hydrogens is 649 g/mol. The number of rotatable bonds is 13. The Balaban J connectivity index is 1.14. The average Bonchev–Trinajstić information content (AvgIpc) is 3.14. The zero-order valence-electron chi connectivity index (χ0n) is 28.0. The largest absolute Gasteiger partial charge is 0.453 e. The van der Waals surface area contributed by atoms with Gasteiger partial charge in [0.15, 0.2) is 15.6 Å². The summed E-state index contributed by atoms with van der Waals surface area (Å²) in [6.45, 7) is 1.06. The van der Waals surface area contributed by atoms with Gasteiger partial charge in [0.05, 0.1) is 30.0 Å². The molecule has 1 heterocycles. The number of carbonyl (C=O) groups is 2. The summed E-state index contributed by atoms with van der Waals surface area (Å²) < 4.78 is 38.0. The number of ether oxygens (including phenoxy) is 2. The molecule has 258 valence electrons. The second kappa shape index (κ2) is 16.3. The van der Waals surface area contributed by atoms with Gasteiger partial charge in [-0.15, -0.1) is 0 Å². The molecule has 9 heteroatoms. The fourth-order valence-corrected chi connectivity index (χ4v) is 8.23. The third-order valence-electron chi connectivity index (χ3n) is 9.29. The first-order chi connectivity index (χ1) is 24.3. The van der Waals surface area contributed by atoms with E-state index in [0.29, 0.717) is 30.8 Å². The van der Waals surface area contributed by atoms with Crippen molar-refractivity contribution in [1.29, 1.82) is 0 Å². The highest BCUT2D eigenvalue weighted by Gasteiger charge is 2.33. The average molecular weight is 691 g/mol. The topological polar surface area (TPSA) is 111 Å². The van der Waals surface area contributed by atoms with E-state index in [4.69, 9.17) is 9.47 Å². The lowest BCUT2D eigenvalue weighted by Crippen LogP contribution is -2.47. The second-order valence-electron chi connectivity index (χ2n) is 12.7. The standard InChI is InChI=1S/C41H42N2O6S/c1-48-41(45)43-40(39(31-14-4-2-5-15-31)32-16-6-3-7-17-32)38(44)25-34-19-11-9-12-29(34)20-22-35-26-42-27-36(49-35)28-50(46,47)37-23-21-30-13-8-10-18-33(30)24-37/h2-19,21,23-24,35-36,39-40,42H,20,22,25-28H2,1H3,(H,43,45)/t35?,36-,40+/m0/s1. The molecular formula is C41H42N2O6S. The van der Waals surface area contributed by atoms with Crippen LogP contribution in [0.2, 0.25) is 0 Å². The minimum absolute atomic E-state index is 0.109. The zero-order chi connectivity index (χ0) is 34.9. The van der Waals surface area contributed by atoms with Crippen LogP contribution in [-0.2, 0) is 36.9 Å². The molecule has 50 heavy (non-hydrogen) atoms. The first-order valence-electron chi connectivity index (χ1n) is 16.9. The molecule has 0 radical (unpaired) electrons. The van der Waals surface area contributed by atoms with Crippen LogP contribution in [0.5, 0.6) is 0 Å². The lowest BCUT2D eigenvalue weighted by atomic mass is 9.81. The number of hydrogen-bond acceptors (Lipinski definition) is 7. The summed E-state index contributed by atoms with van der Waals surface area (Å²) in [7, 11) is -2.28. The van der Waals surface area contributed by atoms with Crippen LogP contribution < -0.4 is 10.6 Å². The fourth-order valence-electron chi connectivity index (χ4n) is 6.77. The van der Waals surface area contributed by atoms with Crippen LogP contribution in [-0.4, -0.2) is 64.5 Å². The van der Waals surface area contributed by atoms with Crippen molar-refractivity contribution in [2.24, 2.45) is 0 Å². The third kappa shape index (κ3) is 8.66. The number of amides is 1. The molecule has 0 aliphatic carbocycles. The van der Waals surface area contributed by atoms with E-state index in [-0.39, 0.29) is 24.1 Å². The molecule has 3 atom stereocenters. The number of morpholine rings is 1. The number of aryl methyl sites for hydroxylation is 1. The third-order valence-corrected chi connectivity index (χ3v) is 11.1. The number of sulfone groups is 1. The Morgan fingerprint density at radius 1 is 0.780 bits per heavy atom. The highest BCUT2D eigenvalue weighted by molar-refractivity contribution is 7.91. The van der Waals surface area contributed by atoms with E-state index in [2.05, 4.69) is 10.6 Å². The van der Waals surface area contributed by atoms with Gasteiger partial charge in [0.25, 0.3) is 0 Å². The molecule has 1 amide bonds. The van der Waals surface area contributed by atoms with Gasteiger partial charge >= 0.3 is 6.09 Å². The predicted octanol–water partition coefficient (Wildman–Crippen LogP) is 6.27. The number of alkyl carbamates (subject to hydrolysis) is 1. The number of carbonyl (C=O) groups excluding carboxylic acids is 2.